The molecule has 206 valence electrons. The van der Waals surface area contributed by atoms with Crippen LogP contribution in [0.3, 0.4) is 0 Å². The first-order valence-corrected chi connectivity index (χ1v) is 11.7. The van der Waals surface area contributed by atoms with Gasteiger partial charge in [-0.25, -0.2) is 19.2 Å². The van der Waals surface area contributed by atoms with E-state index in [4.69, 9.17) is 15.9 Å². The molecular weight excluding hydrogens is 516 g/mol. The van der Waals surface area contributed by atoms with Crippen molar-refractivity contribution < 1.29 is 34.1 Å². The fourth-order valence-corrected chi connectivity index (χ4v) is 3.16. The third-order valence-electron chi connectivity index (χ3n) is 4.83. The molecule has 0 saturated heterocycles. The number of nitrogens with zero attached hydrogens (tertiary/aromatic N) is 3. The number of carbonyl (C=O) groups excluding carboxylic acids is 4. The maximum atomic E-state index is 10.4. The van der Waals surface area contributed by atoms with Gasteiger partial charge in [0.2, 0.25) is 18.2 Å². The smallest absolute Gasteiger partial charge is 0.330 e. The van der Waals surface area contributed by atoms with E-state index in [9.17, 15) is 19.2 Å². The summed E-state index contributed by atoms with van der Waals surface area (Å²) in [4.78, 5) is 52.3. The van der Waals surface area contributed by atoms with Crippen molar-refractivity contribution in [3.63, 3.8) is 0 Å². The average molecular weight is 545 g/mol. The monoisotopic (exact) mass is 544 g/mol. The highest BCUT2D eigenvalue weighted by Crippen LogP contribution is 2.34. The Morgan fingerprint density at radius 1 is 0.750 bits per heavy atom. The number of nitrogens with two attached hydrogens (primary N) is 1. The lowest BCUT2D eigenvalue weighted by Crippen LogP contribution is -2.04. The van der Waals surface area contributed by atoms with E-state index in [2.05, 4.69) is 26.3 Å². The number of aliphatic hydroxyl groups is 2. The number of carbonyl (C=O) groups is 1. The second-order valence-corrected chi connectivity index (χ2v) is 7.42. The molecule has 40 heavy (non-hydrogen) atoms. The van der Waals surface area contributed by atoms with Crippen molar-refractivity contribution in [2.24, 2.45) is 20.7 Å². The summed E-state index contributed by atoms with van der Waals surface area (Å²) >= 11 is 0. The topological polar surface area (TPSA) is 181 Å². The molecule has 0 heterocycles. The molecular formula is C29H28N4O7. The zero-order valence-electron chi connectivity index (χ0n) is 21.5. The van der Waals surface area contributed by atoms with E-state index >= 15 is 0 Å². The van der Waals surface area contributed by atoms with Crippen LogP contribution in [-0.4, -0.2) is 60.8 Å². The number of ether oxygens (including phenoxy) is 1. The molecule has 3 aromatic rings. The highest BCUT2D eigenvalue weighted by Gasteiger charge is 2.17. The molecule has 0 saturated carbocycles. The maximum Gasteiger partial charge on any atom is 0.330 e. The number of hydrogen-bond donors (Lipinski definition) is 3. The molecule has 0 spiro atoms. The van der Waals surface area contributed by atoms with Gasteiger partial charge in [0, 0.05) is 18.5 Å². The molecule has 11 heteroatoms. The second-order valence-electron chi connectivity index (χ2n) is 7.42. The van der Waals surface area contributed by atoms with Crippen molar-refractivity contribution in [3.05, 3.63) is 102 Å². The summed E-state index contributed by atoms with van der Waals surface area (Å²) in [6, 6.07) is 21.7. The Morgan fingerprint density at radius 3 is 1.30 bits per heavy atom. The highest BCUT2D eigenvalue weighted by atomic mass is 16.5. The zero-order chi connectivity index (χ0) is 29.6. The van der Waals surface area contributed by atoms with Gasteiger partial charge in [-0.05, 0) is 53.1 Å². The average Bonchev–Trinajstić information content (AvgIpc) is 2.99. The Bertz CT molecular complexity index is 1190. The first-order valence-electron chi connectivity index (χ1n) is 11.7. The zero-order valence-corrected chi connectivity index (χ0v) is 21.5. The number of aliphatic imine (C=N–C) groups is 3. The summed E-state index contributed by atoms with van der Waals surface area (Å²) < 4.78 is 4.33. The summed E-state index contributed by atoms with van der Waals surface area (Å²) in [5.41, 5.74) is 9.26. The number of rotatable bonds is 10. The normalized spacial score (nSPS) is 9.88. The van der Waals surface area contributed by atoms with Gasteiger partial charge in [0.05, 0.1) is 30.3 Å². The van der Waals surface area contributed by atoms with Gasteiger partial charge in [0.15, 0.2) is 0 Å². The third-order valence-corrected chi connectivity index (χ3v) is 4.83. The SMILES string of the molecule is C=CC(=O)OCCO.NCCO.O=C=Nc1ccc(C(c2ccc(N=C=O)cc2)c2ccc(N=C=O)cc2)cc1. The summed E-state index contributed by atoms with van der Waals surface area (Å²) in [6.45, 7) is 3.54. The fourth-order valence-electron chi connectivity index (χ4n) is 3.16. The van der Waals surface area contributed by atoms with Crippen LogP contribution in [0.25, 0.3) is 0 Å². The van der Waals surface area contributed by atoms with Gasteiger partial charge in [-0.3, -0.25) is 0 Å². The van der Waals surface area contributed by atoms with Gasteiger partial charge in [0.1, 0.15) is 6.61 Å². The largest absolute Gasteiger partial charge is 0.460 e. The molecule has 0 atom stereocenters. The van der Waals surface area contributed by atoms with Crippen LogP contribution in [-0.2, 0) is 23.9 Å². The molecule has 0 unspecified atom stereocenters. The van der Waals surface area contributed by atoms with E-state index in [-0.39, 0.29) is 25.7 Å². The van der Waals surface area contributed by atoms with Crippen molar-refractivity contribution in [3.8, 4) is 0 Å². The number of benzene rings is 3. The molecule has 0 bridgehead atoms. The summed E-state index contributed by atoms with van der Waals surface area (Å²) in [7, 11) is 0. The van der Waals surface area contributed by atoms with Gasteiger partial charge in [-0.1, -0.05) is 43.0 Å². The predicted molar refractivity (Wildman–Crippen MR) is 148 cm³/mol. The molecule has 3 aromatic carbocycles. The number of aliphatic hydroxyl groups excluding tert-OH is 2. The molecule has 0 amide bonds. The van der Waals surface area contributed by atoms with Crippen molar-refractivity contribution >= 4 is 41.3 Å². The fraction of sp³-hybridized carbons (Fsp3) is 0.172. The van der Waals surface area contributed by atoms with Gasteiger partial charge in [-0.2, -0.15) is 15.0 Å². The van der Waals surface area contributed by atoms with Crippen molar-refractivity contribution in [2.75, 3.05) is 26.4 Å². The van der Waals surface area contributed by atoms with Gasteiger partial charge < -0.3 is 20.7 Å². The minimum Gasteiger partial charge on any atom is -0.460 e. The molecule has 0 aliphatic rings. The van der Waals surface area contributed by atoms with Crippen LogP contribution in [0.5, 0.6) is 0 Å². The van der Waals surface area contributed by atoms with E-state index in [1.807, 2.05) is 36.4 Å². The quantitative estimate of drug-likeness (QED) is 0.114. The Labute approximate surface area is 230 Å². The van der Waals surface area contributed by atoms with E-state index in [1.165, 1.54) is 18.2 Å². The highest BCUT2D eigenvalue weighted by molar-refractivity contribution is 5.81. The summed E-state index contributed by atoms with van der Waals surface area (Å²) in [5, 5.41) is 15.8. The molecule has 3 rings (SSSR count). The van der Waals surface area contributed by atoms with Gasteiger partial charge in [0.25, 0.3) is 0 Å². The Hall–Kier alpha value is -5.11. The Morgan fingerprint density at radius 2 is 1.07 bits per heavy atom. The Kier molecular flexibility index (Phi) is 16.4. The van der Waals surface area contributed by atoms with E-state index in [0.717, 1.165) is 22.8 Å². The number of esters is 1. The van der Waals surface area contributed by atoms with Crippen LogP contribution in [0.2, 0.25) is 0 Å². The summed E-state index contributed by atoms with van der Waals surface area (Å²) in [5.74, 6) is -0.628. The summed E-state index contributed by atoms with van der Waals surface area (Å²) in [6.07, 6.45) is 5.62. The molecule has 0 aliphatic carbocycles. The molecule has 0 aromatic heterocycles. The van der Waals surface area contributed by atoms with Gasteiger partial charge in [-0.15, -0.1) is 0 Å². The first kappa shape index (κ1) is 32.9. The van der Waals surface area contributed by atoms with Crippen molar-refractivity contribution in [1.29, 1.82) is 0 Å². The van der Waals surface area contributed by atoms with Crippen LogP contribution in [0, 0.1) is 0 Å². The first-order chi connectivity index (χ1) is 19.5. The molecule has 0 radical (unpaired) electrons. The van der Waals surface area contributed by atoms with Crippen LogP contribution in [0.1, 0.15) is 22.6 Å². The van der Waals surface area contributed by atoms with E-state index in [1.54, 1.807) is 36.4 Å². The van der Waals surface area contributed by atoms with Crippen molar-refractivity contribution in [1.82, 2.24) is 0 Å². The second kappa shape index (κ2) is 19.9. The van der Waals surface area contributed by atoms with Gasteiger partial charge >= 0.3 is 5.97 Å². The number of isocyanates is 3. The van der Waals surface area contributed by atoms with Crippen LogP contribution in [0.4, 0.5) is 17.1 Å². The molecule has 0 aliphatic heterocycles. The predicted octanol–water partition coefficient (Wildman–Crippen LogP) is 3.41. The molecule has 11 nitrogen and oxygen atoms in total. The van der Waals surface area contributed by atoms with E-state index in [0.29, 0.717) is 23.6 Å². The minimum absolute atomic E-state index is 0.0465. The van der Waals surface area contributed by atoms with Crippen LogP contribution < -0.4 is 5.73 Å². The third kappa shape index (κ3) is 12.0. The lowest BCUT2D eigenvalue weighted by molar-refractivity contribution is -0.138. The lowest BCUT2D eigenvalue weighted by atomic mass is 9.85. The number of hydrogen-bond acceptors (Lipinski definition) is 11. The van der Waals surface area contributed by atoms with Crippen LogP contribution >= 0.6 is 0 Å². The standard InChI is InChI=1S/C22H13N3O3.C5H8O3.C2H7NO/c26-13-23-19-7-1-16(2-8-19)22(17-3-9-20(10-4-17)24-14-27)18-5-11-21(12-6-18)25-15-28;1-2-5(7)8-4-3-6;3-1-2-4/h1-12,22H;2,6H,1,3-4H2;4H,1-3H2. The maximum absolute atomic E-state index is 10.4. The van der Waals surface area contributed by atoms with Crippen LogP contribution in [0.15, 0.2) is 100 Å². The van der Waals surface area contributed by atoms with Crippen molar-refractivity contribution in [2.45, 2.75) is 5.92 Å². The van der Waals surface area contributed by atoms with E-state index < -0.39 is 5.97 Å². The molecule has 4 N–H and O–H groups in total. The molecule has 0 fully saturated rings. The Balaban J connectivity index is 0.000000560. The lowest BCUT2D eigenvalue weighted by Gasteiger charge is -2.19. The minimum atomic E-state index is -0.501.